The smallest absolute Gasteiger partial charge is 0.211 e. The van der Waals surface area contributed by atoms with Crippen molar-refractivity contribution >= 4 is 10.0 Å². The third kappa shape index (κ3) is 7.62. The molecule has 0 aliphatic carbocycles. The summed E-state index contributed by atoms with van der Waals surface area (Å²) in [5.74, 6) is 0.190. The molecule has 0 saturated heterocycles. The Labute approximate surface area is 123 Å². The van der Waals surface area contributed by atoms with E-state index < -0.39 is 10.0 Å². The number of rotatable bonds is 10. The first kappa shape index (κ1) is 17.1. The number of aryl methyl sites for hydroxylation is 1. The highest BCUT2D eigenvalue weighted by molar-refractivity contribution is 7.89. The Balaban J connectivity index is 2.28. The van der Waals surface area contributed by atoms with E-state index in [1.807, 2.05) is 32.0 Å². The molecule has 0 radical (unpaired) electrons. The molecular weight excluding hydrogens is 272 g/mol. The molecule has 0 spiro atoms. The van der Waals surface area contributed by atoms with Crippen LogP contribution < -0.4 is 10.0 Å². The minimum atomic E-state index is -3.16. The molecule has 0 amide bonds. The molecule has 0 aromatic heterocycles. The van der Waals surface area contributed by atoms with Gasteiger partial charge in [0.15, 0.2) is 0 Å². The lowest BCUT2D eigenvalue weighted by Crippen LogP contribution is -2.35. The molecule has 5 heteroatoms. The normalized spacial score (nSPS) is 13.3. The highest BCUT2D eigenvalue weighted by atomic mass is 32.2. The van der Waals surface area contributed by atoms with Crippen molar-refractivity contribution in [2.24, 2.45) is 0 Å². The van der Waals surface area contributed by atoms with Gasteiger partial charge in [0.25, 0.3) is 0 Å². The molecule has 0 aliphatic rings. The molecule has 1 rings (SSSR count). The van der Waals surface area contributed by atoms with Gasteiger partial charge in [-0.05, 0) is 44.8 Å². The van der Waals surface area contributed by atoms with Crippen LogP contribution in [-0.2, 0) is 16.4 Å². The van der Waals surface area contributed by atoms with E-state index in [1.54, 1.807) is 0 Å². The fourth-order valence-electron chi connectivity index (χ4n) is 2.02. The zero-order valence-corrected chi connectivity index (χ0v) is 13.2. The fraction of sp³-hybridized carbons (Fsp3) is 0.600. The lowest BCUT2D eigenvalue weighted by atomic mass is 10.1. The monoisotopic (exact) mass is 298 g/mol. The molecule has 0 bridgehead atoms. The van der Waals surface area contributed by atoms with Gasteiger partial charge >= 0.3 is 0 Å². The van der Waals surface area contributed by atoms with Gasteiger partial charge in [-0.3, -0.25) is 0 Å². The van der Waals surface area contributed by atoms with Crippen LogP contribution in [0, 0.1) is 0 Å². The van der Waals surface area contributed by atoms with Crippen molar-refractivity contribution in [2.45, 2.75) is 39.2 Å². The van der Waals surface area contributed by atoms with Crippen LogP contribution in [0.3, 0.4) is 0 Å². The van der Waals surface area contributed by atoms with Gasteiger partial charge in [0, 0.05) is 6.04 Å². The predicted molar refractivity (Wildman–Crippen MR) is 84.3 cm³/mol. The first-order valence-corrected chi connectivity index (χ1v) is 8.93. The summed E-state index contributed by atoms with van der Waals surface area (Å²) < 4.78 is 26.5. The predicted octanol–water partition coefficient (Wildman–Crippen LogP) is 1.93. The number of sulfonamides is 1. The van der Waals surface area contributed by atoms with E-state index in [4.69, 9.17) is 0 Å². The summed E-state index contributed by atoms with van der Waals surface area (Å²) in [4.78, 5) is 0. The van der Waals surface area contributed by atoms with Crippen molar-refractivity contribution in [2.75, 3.05) is 18.8 Å². The zero-order chi connectivity index (χ0) is 14.8. The van der Waals surface area contributed by atoms with E-state index in [2.05, 4.69) is 22.2 Å². The summed E-state index contributed by atoms with van der Waals surface area (Å²) in [5, 5.41) is 3.13. The van der Waals surface area contributed by atoms with Gasteiger partial charge in [-0.25, -0.2) is 13.1 Å². The van der Waals surface area contributed by atoms with Crippen LogP contribution in [-0.4, -0.2) is 33.3 Å². The Morgan fingerprint density at radius 1 is 1.20 bits per heavy atom. The molecule has 0 saturated carbocycles. The van der Waals surface area contributed by atoms with Crippen molar-refractivity contribution < 1.29 is 8.42 Å². The number of benzene rings is 1. The van der Waals surface area contributed by atoms with Crippen LogP contribution in [0.4, 0.5) is 0 Å². The third-order valence-electron chi connectivity index (χ3n) is 3.11. The second-order valence-corrected chi connectivity index (χ2v) is 6.94. The Morgan fingerprint density at radius 2 is 1.90 bits per heavy atom. The van der Waals surface area contributed by atoms with Crippen LogP contribution >= 0.6 is 0 Å². The highest BCUT2D eigenvalue weighted by Crippen LogP contribution is 2.05. The van der Waals surface area contributed by atoms with Crippen molar-refractivity contribution in [3.63, 3.8) is 0 Å². The van der Waals surface area contributed by atoms with E-state index in [9.17, 15) is 8.42 Å². The van der Waals surface area contributed by atoms with Crippen LogP contribution in [0.5, 0.6) is 0 Å². The second kappa shape index (κ2) is 9.10. The van der Waals surface area contributed by atoms with Gasteiger partial charge in [-0.15, -0.1) is 0 Å². The molecule has 0 fully saturated rings. The maximum absolute atomic E-state index is 11.9. The van der Waals surface area contributed by atoms with E-state index in [0.717, 1.165) is 25.9 Å². The molecule has 1 unspecified atom stereocenters. The fourth-order valence-corrected chi connectivity index (χ4v) is 3.39. The Hall–Kier alpha value is -0.910. The number of nitrogens with one attached hydrogen (secondary N) is 2. The molecule has 1 atom stereocenters. The van der Waals surface area contributed by atoms with Gasteiger partial charge in [0.05, 0.1) is 5.75 Å². The highest BCUT2D eigenvalue weighted by Gasteiger charge is 2.13. The first-order valence-electron chi connectivity index (χ1n) is 7.28. The van der Waals surface area contributed by atoms with Gasteiger partial charge in [0.1, 0.15) is 0 Å². The lowest BCUT2D eigenvalue weighted by molar-refractivity contribution is 0.543. The maximum atomic E-state index is 11.9. The van der Waals surface area contributed by atoms with Crippen LogP contribution in [0.2, 0.25) is 0 Å². The number of hydrogen-bond donors (Lipinski definition) is 2. The SMILES string of the molecule is CCNCCCS(=O)(=O)NC(C)CCc1ccccc1. The Kier molecular flexibility index (Phi) is 7.80. The lowest BCUT2D eigenvalue weighted by Gasteiger charge is -2.14. The topological polar surface area (TPSA) is 58.2 Å². The van der Waals surface area contributed by atoms with E-state index in [1.165, 1.54) is 5.56 Å². The summed E-state index contributed by atoms with van der Waals surface area (Å²) in [6.07, 6.45) is 2.35. The van der Waals surface area contributed by atoms with Crippen molar-refractivity contribution in [1.82, 2.24) is 10.0 Å². The molecule has 4 nitrogen and oxygen atoms in total. The molecule has 0 heterocycles. The van der Waals surface area contributed by atoms with Gasteiger partial charge in [-0.1, -0.05) is 37.3 Å². The number of hydrogen-bond acceptors (Lipinski definition) is 3. The minimum Gasteiger partial charge on any atom is -0.317 e. The summed E-state index contributed by atoms with van der Waals surface area (Å²) in [6.45, 7) is 5.56. The summed E-state index contributed by atoms with van der Waals surface area (Å²) >= 11 is 0. The quantitative estimate of drug-likeness (QED) is 0.649. The van der Waals surface area contributed by atoms with Crippen molar-refractivity contribution in [1.29, 1.82) is 0 Å². The molecule has 114 valence electrons. The first-order chi connectivity index (χ1) is 9.53. The van der Waals surface area contributed by atoms with Gasteiger partial charge in [-0.2, -0.15) is 0 Å². The average molecular weight is 298 g/mol. The third-order valence-corrected chi connectivity index (χ3v) is 4.69. The van der Waals surface area contributed by atoms with Crippen LogP contribution in [0.1, 0.15) is 32.3 Å². The van der Waals surface area contributed by atoms with E-state index >= 15 is 0 Å². The molecule has 1 aromatic rings. The summed E-state index contributed by atoms with van der Waals surface area (Å²) in [5.41, 5.74) is 1.24. The minimum absolute atomic E-state index is 0.0284. The Bertz CT molecular complexity index is 460. The molecule has 2 N–H and O–H groups in total. The maximum Gasteiger partial charge on any atom is 0.211 e. The van der Waals surface area contributed by atoms with Crippen LogP contribution in [0.25, 0.3) is 0 Å². The largest absolute Gasteiger partial charge is 0.317 e. The zero-order valence-electron chi connectivity index (χ0n) is 12.4. The van der Waals surface area contributed by atoms with E-state index in [0.29, 0.717) is 6.42 Å². The van der Waals surface area contributed by atoms with E-state index in [-0.39, 0.29) is 11.8 Å². The average Bonchev–Trinajstić information content (AvgIpc) is 2.42. The standard InChI is InChI=1S/C15H26N2O2S/c1-3-16-12-7-13-20(18,19)17-14(2)10-11-15-8-5-4-6-9-15/h4-6,8-9,14,16-17H,3,7,10-13H2,1-2H3. The summed E-state index contributed by atoms with van der Waals surface area (Å²) in [7, 11) is -3.16. The van der Waals surface area contributed by atoms with Crippen molar-refractivity contribution in [3.8, 4) is 0 Å². The molecule has 1 aromatic carbocycles. The van der Waals surface area contributed by atoms with Crippen LogP contribution in [0.15, 0.2) is 30.3 Å². The van der Waals surface area contributed by atoms with Gasteiger partial charge in [0.2, 0.25) is 10.0 Å². The van der Waals surface area contributed by atoms with Crippen molar-refractivity contribution in [3.05, 3.63) is 35.9 Å². The molecule has 0 aliphatic heterocycles. The summed E-state index contributed by atoms with van der Waals surface area (Å²) in [6, 6.07) is 10.1. The van der Waals surface area contributed by atoms with Gasteiger partial charge < -0.3 is 5.32 Å². The molecular formula is C15H26N2O2S. The molecule has 20 heavy (non-hydrogen) atoms. The second-order valence-electron chi connectivity index (χ2n) is 5.07. The Morgan fingerprint density at radius 3 is 2.55 bits per heavy atom.